The van der Waals surface area contributed by atoms with Crippen LogP contribution in [0.25, 0.3) is 21.5 Å². The first kappa shape index (κ1) is 24.7. The second-order valence-corrected chi connectivity index (χ2v) is 12.4. The lowest BCUT2D eigenvalue weighted by atomic mass is 9.93. The minimum atomic E-state index is -0.296. The Kier molecular flexibility index (Phi) is 6.22. The van der Waals surface area contributed by atoms with Crippen molar-refractivity contribution >= 4 is 45.1 Å². The van der Waals surface area contributed by atoms with Crippen molar-refractivity contribution in [2.75, 3.05) is 19.6 Å². The van der Waals surface area contributed by atoms with E-state index in [1.54, 1.807) is 11.2 Å². The normalized spacial score (nSPS) is 23.4. The highest BCUT2D eigenvalue weighted by Crippen LogP contribution is 2.38. The number of nitrogens with one attached hydrogen (secondary N) is 1. The summed E-state index contributed by atoms with van der Waals surface area (Å²) in [7, 11) is 0. The molecule has 2 aromatic heterocycles. The van der Waals surface area contributed by atoms with E-state index < -0.39 is 0 Å². The van der Waals surface area contributed by atoms with Gasteiger partial charge in [0.15, 0.2) is 0 Å². The molecule has 0 aliphatic carbocycles. The lowest BCUT2D eigenvalue weighted by Gasteiger charge is -2.37. The molecule has 3 fully saturated rings. The van der Waals surface area contributed by atoms with Gasteiger partial charge in [-0.2, -0.15) is 0 Å². The van der Waals surface area contributed by atoms with E-state index in [1.165, 1.54) is 16.2 Å². The zero-order valence-electron chi connectivity index (χ0n) is 21.2. The largest absolute Gasteiger partial charge is 0.369 e. The summed E-state index contributed by atoms with van der Waals surface area (Å²) in [6.07, 6.45) is 3.96. The number of rotatable bonds is 5. The Bertz CT molecular complexity index is 1380. The average molecular weight is 540 g/mol. The van der Waals surface area contributed by atoms with Crippen LogP contribution in [0.5, 0.6) is 0 Å². The van der Waals surface area contributed by atoms with Crippen molar-refractivity contribution in [3.05, 3.63) is 45.6 Å². The van der Waals surface area contributed by atoms with Crippen molar-refractivity contribution in [2.45, 2.75) is 64.3 Å². The fourth-order valence-electron chi connectivity index (χ4n) is 5.82. The number of ether oxygens (including phenoxy) is 1. The summed E-state index contributed by atoms with van der Waals surface area (Å²) in [5, 5.41) is 4.14. The predicted octanol–water partition coefficient (Wildman–Crippen LogP) is 4.56. The molecule has 37 heavy (non-hydrogen) atoms. The zero-order chi connectivity index (χ0) is 25.9. The maximum atomic E-state index is 12.9. The Balaban J connectivity index is 1.35. The number of carbonyl (C=O) groups is 2. The summed E-state index contributed by atoms with van der Waals surface area (Å²) in [5.41, 5.74) is 4.58. The minimum absolute atomic E-state index is 0.0280. The van der Waals surface area contributed by atoms with Gasteiger partial charge in [-0.25, -0.2) is 14.8 Å². The molecule has 1 aromatic carbocycles. The smallest absolute Gasteiger partial charge is 0.327 e. The number of imide groups is 1. The van der Waals surface area contributed by atoms with Crippen LogP contribution in [-0.4, -0.2) is 69.1 Å². The number of aryl methyl sites for hydroxylation is 1. The number of hydrogen-bond donors (Lipinski definition) is 1. The Morgan fingerprint density at radius 1 is 1.24 bits per heavy atom. The fourth-order valence-corrected chi connectivity index (χ4v) is 7.20. The third-order valence-electron chi connectivity index (χ3n) is 7.49. The van der Waals surface area contributed by atoms with Gasteiger partial charge in [0.05, 0.1) is 34.2 Å². The van der Waals surface area contributed by atoms with Gasteiger partial charge >= 0.3 is 6.03 Å². The van der Waals surface area contributed by atoms with Gasteiger partial charge < -0.3 is 15.0 Å². The highest BCUT2D eigenvalue weighted by atomic mass is 35.5. The van der Waals surface area contributed by atoms with Gasteiger partial charge in [-0.1, -0.05) is 11.6 Å². The first-order valence-electron chi connectivity index (χ1n) is 12.7. The lowest BCUT2D eigenvalue weighted by molar-refractivity contribution is -0.128. The number of nitrogens with zero attached hydrogens (tertiary/aromatic N) is 4. The van der Waals surface area contributed by atoms with Crippen LogP contribution in [0.1, 0.15) is 42.7 Å². The van der Waals surface area contributed by atoms with Gasteiger partial charge in [-0.05, 0) is 62.9 Å². The topological polar surface area (TPSA) is 87.7 Å². The number of carbonyl (C=O) groups excluding carboxylic acids is 2. The molecule has 0 spiro atoms. The van der Waals surface area contributed by atoms with E-state index in [0.29, 0.717) is 11.6 Å². The third-order valence-corrected chi connectivity index (χ3v) is 8.82. The van der Waals surface area contributed by atoms with Crippen LogP contribution in [0.3, 0.4) is 0 Å². The Labute approximate surface area is 225 Å². The Morgan fingerprint density at radius 2 is 2.08 bits per heavy atom. The molecule has 3 aliphatic rings. The molecule has 0 saturated carbocycles. The zero-order valence-corrected chi connectivity index (χ0v) is 22.8. The quantitative estimate of drug-likeness (QED) is 0.478. The maximum absolute atomic E-state index is 12.9. The number of fused-ring (bicyclic) bond motifs is 2. The molecule has 2 atom stereocenters. The molecule has 2 unspecified atom stereocenters. The Hall–Kier alpha value is -2.59. The lowest BCUT2D eigenvalue weighted by Crippen LogP contribution is -2.51. The average Bonchev–Trinajstić information content (AvgIpc) is 3.54. The number of morpholine rings is 1. The summed E-state index contributed by atoms with van der Waals surface area (Å²) in [6.45, 7) is 8.78. The van der Waals surface area contributed by atoms with E-state index in [0.717, 1.165) is 69.8 Å². The highest BCUT2D eigenvalue weighted by Gasteiger charge is 2.47. The van der Waals surface area contributed by atoms with Gasteiger partial charge in [0.25, 0.3) is 5.91 Å². The fraction of sp³-hybridized carbons (Fsp3) is 0.481. The first-order chi connectivity index (χ1) is 17.7. The summed E-state index contributed by atoms with van der Waals surface area (Å²) in [4.78, 5) is 38.9. The number of urea groups is 1. The number of aromatic nitrogens is 2. The molecular formula is C27H30ClN5O3S. The molecule has 3 aromatic rings. The molecule has 8 nitrogen and oxygen atoms in total. The summed E-state index contributed by atoms with van der Waals surface area (Å²) < 4.78 is 7.29. The maximum Gasteiger partial charge on any atom is 0.327 e. The molecule has 5 heterocycles. The molecule has 0 radical (unpaired) electrons. The SMILES string of the molecule is Cc1cc(Cl)cc(-c2ncnc3cc(CN4C(=O)C5CCCN5C4=O)sc23)c1CC1CNCC(C)(C)O1. The molecule has 3 saturated heterocycles. The van der Waals surface area contributed by atoms with E-state index in [-0.39, 0.29) is 36.2 Å². The number of thiophene rings is 1. The van der Waals surface area contributed by atoms with E-state index in [9.17, 15) is 9.59 Å². The standard InChI is InChI=1S/C27H30ClN5O3S/c1-15-7-16(28)8-20(19(15)9-17-11-29-13-27(2,3)36-17)23-24-21(30-14-31-23)10-18(37-24)12-33-25(34)22-5-4-6-32(22)26(33)35/h7-8,10,14,17,22,29H,4-6,9,11-13H2,1-3H3. The molecule has 6 rings (SSSR count). The van der Waals surface area contributed by atoms with Crippen molar-refractivity contribution < 1.29 is 14.3 Å². The second kappa shape index (κ2) is 9.31. The van der Waals surface area contributed by atoms with Crippen molar-refractivity contribution in [2.24, 2.45) is 0 Å². The molecule has 0 bridgehead atoms. The number of hydrogen-bond acceptors (Lipinski definition) is 7. The first-order valence-corrected chi connectivity index (χ1v) is 13.9. The minimum Gasteiger partial charge on any atom is -0.369 e. The van der Waals surface area contributed by atoms with Gasteiger partial charge in [-0.15, -0.1) is 11.3 Å². The number of benzene rings is 1. The van der Waals surface area contributed by atoms with Gasteiger partial charge in [0.1, 0.15) is 12.4 Å². The van der Waals surface area contributed by atoms with Crippen molar-refractivity contribution in [3.63, 3.8) is 0 Å². The van der Waals surface area contributed by atoms with Crippen LogP contribution < -0.4 is 5.32 Å². The van der Waals surface area contributed by atoms with Crippen LogP contribution in [0.4, 0.5) is 4.79 Å². The number of halogens is 1. The molecule has 1 N–H and O–H groups in total. The summed E-state index contributed by atoms with van der Waals surface area (Å²) >= 11 is 8.07. The van der Waals surface area contributed by atoms with Crippen molar-refractivity contribution in [1.82, 2.24) is 25.1 Å². The molecule has 10 heteroatoms. The summed E-state index contributed by atoms with van der Waals surface area (Å²) in [6, 6.07) is 5.43. The van der Waals surface area contributed by atoms with E-state index in [4.69, 9.17) is 21.3 Å². The molecule has 194 valence electrons. The second-order valence-electron chi connectivity index (χ2n) is 10.8. The van der Waals surface area contributed by atoms with Crippen LogP contribution in [0.15, 0.2) is 24.5 Å². The van der Waals surface area contributed by atoms with Gasteiger partial charge in [0.2, 0.25) is 0 Å². The van der Waals surface area contributed by atoms with E-state index in [1.807, 2.05) is 18.2 Å². The monoisotopic (exact) mass is 539 g/mol. The number of amides is 3. The van der Waals surface area contributed by atoms with Crippen LogP contribution in [-0.2, 0) is 22.5 Å². The van der Waals surface area contributed by atoms with Crippen LogP contribution in [0, 0.1) is 6.92 Å². The molecular weight excluding hydrogens is 510 g/mol. The Morgan fingerprint density at radius 3 is 2.86 bits per heavy atom. The summed E-state index contributed by atoms with van der Waals surface area (Å²) in [5.74, 6) is -0.0944. The van der Waals surface area contributed by atoms with Crippen LogP contribution in [0.2, 0.25) is 5.02 Å². The van der Waals surface area contributed by atoms with Crippen molar-refractivity contribution in [3.8, 4) is 11.3 Å². The highest BCUT2D eigenvalue weighted by molar-refractivity contribution is 7.19. The van der Waals surface area contributed by atoms with E-state index >= 15 is 0 Å². The van der Waals surface area contributed by atoms with E-state index in [2.05, 4.69) is 31.1 Å². The van der Waals surface area contributed by atoms with Crippen molar-refractivity contribution in [1.29, 1.82) is 0 Å². The third kappa shape index (κ3) is 4.52. The molecule has 3 aliphatic heterocycles. The van der Waals surface area contributed by atoms with Crippen LogP contribution >= 0.6 is 22.9 Å². The van der Waals surface area contributed by atoms with Gasteiger partial charge in [0, 0.05) is 41.5 Å². The van der Waals surface area contributed by atoms with Gasteiger partial charge in [-0.3, -0.25) is 9.69 Å². The molecule has 3 amide bonds. The predicted molar refractivity (Wildman–Crippen MR) is 144 cm³/mol.